The SMILES string of the molecule is CCCC(C)(C)CC(C)(CC)COCC(O)CNc1cccc(NCC(O)CC(C)(CC)OCCC(CC)(CC)OCC2CO2)c1. The molecular formula is C38H70N2O6. The quantitative estimate of drug-likeness (QED) is 0.0715. The van der Waals surface area contributed by atoms with E-state index in [-0.39, 0.29) is 17.1 Å². The monoisotopic (exact) mass is 651 g/mol. The van der Waals surface area contributed by atoms with Gasteiger partial charge in [-0.05, 0) is 80.9 Å². The zero-order valence-electron chi connectivity index (χ0n) is 30.9. The van der Waals surface area contributed by atoms with Gasteiger partial charge in [-0.25, -0.2) is 0 Å². The number of ether oxygens (including phenoxy) is 4. The van der Waals surface area contributed by atoms with Crippen LogP contribution in [0.15, 0.2) is 24.3 Å². The van der Waals surface area contributed by atoms with Crippen molar-refractivity contribution in [1.82, 2.24) is 0 Å². The van der Waals surface area contributed by atoms with Gasteiger partial charge in [-0.3, -0.25) is 0 Å². The van der Waals surface area contributed by atoms with Crippen molar-refractivity contribution in [3.05, 3.63) is 24.3 Å². The van der Waals surface area contributed by atoms with Gasteiger partial charge in [-0.1, -0.05) is 67.9 Å². The lowest BCUT2D eigenvalue weighted by atomic mass is 9.71. The fraction of sp³-hybridized carbons (Fsp3) is 0.842. The zero-order valence-corrected chi connectivity index (χ0v) is 30.9. The molecule has 4 N–H and O–H groups in total. The van der Waals surface area contributed by atoms with Crippen LogP contribution in [0.3, 0.4) is 0 Å². The second-order valence-corrected chi connectivity index (χ2v) is 15.2. The molecule has 0 radical (unpaired) electrons. The Hall–Kier alpha value is -1.42. The fourth-order valence-corrected chi connectivity index (χ4v) is 6.58. The smallest absolute Gasteiger partial charge is 0.104 e. The van der Waals surface area contributed by atoms with Crippen molar-refractivity contribution in [1.29, 1.82) is 0 Å². The minimum absolute atomic E-state index is 0.104. The Balaban J connectivity index is 1.76. The molecule has 0 aliphatic carbocycles. The highest BCUT2D eigenvalue weighted by atomic mass is 16.6. The maximum Gasteiger partial charge on any atom is 0.104 e. The minimum Gasteiger partial charge on any atom is -0.391 e. The maximum atomic E-state index is 10.9. The van der Waals surface area contributed by atoms with Gasteiger partial charge < -0.3 is 39.8 Å². The molecule has 46 heavy (non-hydrogen) atoms. The molecule has 1 aliphatic heterocycles. The van der Waals surface area contributed by atoms with Gasteiger partial charge in [0.05, 0.1) is 56.4 Å². The fourth-order valence-electron chi connectivity index (χ4n) is 6.58. The number of aliphatic hydroxyl groups excluding tert-OH is 2. The summed E-state index contributed by atoms with van der Waals surface area (Å²) in [5, 5.41) is 28.2. The molecule has 1 heterocycles. The van der Waals surface area contributed by atoms with E-state index in [1.165, 1.54) is 12.8 Å². The number of epoxide rings is 1. The molecule has 0 spiro atoms. The molecule has 2 rings (SSSR count). The lowest BCUT2D eigenvalue weighted by Gasteiger charge is -2.37. The third-order valence-electron chi connectivity index (χ3n) is 10.1. The first-order valence-electron chi connectivity index (χ1n) is 18.2. The molecule has 0 saturated carbocycles. The minimum atomic E-state index is -0.603. The van der Waals surface area contributed by atoms with Crippen molar-refractivity contribution < 1.29 is 29.2 Å². The highest BCUT2D eigenvalue weighted by molar-refractivity contribution is 5.56. The van der Waals surface area contributed by atoms with Gasteiger partial charge in [0, 0.05) is 30.9 Å². The molecule has 8 nitrogen and oxygen atoms in total. The van der Waals surface area contributed by atoms with Gasteiger partial charge >= 0.3 is 0 Å². The van der Waals surface area contributed by atoms with Crippen molar-refractivity contribution in [2.24, 2.45) is 10.8 Å². The number of nitrogens with one attached hydrogen (secondary N) is 2. The Bertz CT molecular complexity index is 968. The molecule has 1 aromatic rings. The Labute approximate surface area is 281 Å². The summed E-state index contributed by atoms with van der Waals surface area (Å²) in [5.74, 6) is 0. The van der Waals surface area contributed by atoms with E-state index < -0.39 is 17.8 Å². The van der Waals surface area contributed by atoms with E-state index in [1.54, 1.807) is 0 Å². The summed E-state index contributed by atoms with van der Waals surface area (Å²) in [6.07, 6.45) is 7.70. The third-order valence-corrected chi connectivity index (χ3v) is 10.1. The largest absolute Gasteiger partial charge is 0.391 e. The molecule has 1 aliphatic rings. The normalized spacial score (nSPS) is 19.2. The molecule has 5 unspecified atom stereocenters. The van der Waals surface area contributed by atoms with Crippen molar-refractivity contribution in [3.63, 3.8) is 0 Å². The van der Waals surface area contributed by atoms with E-state index in [9.17, 15) is 10.2 Å². The van der Waals surface area contributed by atoms with Crippen molar-refractivity contribution in [2.75, 3.05) is 56.8 Å². The topological polar surface area (TPSA) is 105 Å². The van der Waals surface area contributed by atoms with Crippen LogP contribution in [-0.4, -0.2) is 85.9 Å². The van der Waals surface area contributed by atoms with E-state index in [4.69, 9.17) is 18.9 Å². The molecule has 5 atom stereocenters. The Morgan fingerprint density at radius 1 is 0.870 bits per heavy atom. The summed E-state index contributed by atoms with van der Waals surface area (Å²) < 4.78 is 24.0. The summed E-state index contributed by atoms with van der Waals surface area (Å²) >= 11 is 0. The average molecular weight is 651 g/mol. The van der Waals surface area contributed by atoms with Crippen LogP contribution in [0.1, 0.15) is 120 Å². The number of anilines is 2. The first kappa shape index (κ1) is 40.8. The molecule has 0 bridgehead atoms. The van der Waals surface area contributed by atoms with Crippen molar-refractivity contribution in [3.8, 4) is 0 Å². The number of rotatable bonds is 27. The lowest BCUT2D eigenvalue weighted by Crippen LogP contribution is -2.39. The molecule has 0 aromatic heterocycles. The van der Waals surface area contributed by atoms with Gasteiger partial charge in [-0.15, -0.1) is 0 Å². The van der Waals surface area contributed by atoms with Gasteiger partial charge in [0.2, 0.25) is 0 Å². The van der Waals surface area contributed by atoms with Gasteiger partial charge in [0.15, 0.2) is 0 Å². The highest BCUT2D eigenvalue weighted by Crippen LogP contribution is 2.39. The van der Waals surface area contributed by atoms with E-state index in [0.717, 1.165) is 56.5 Å². The second kappa shape index (κ2) is 19.5. The lowest BCUT2D eigenvalue weighted by molar-refractivity contribution is -0.108. The van der Waals surface area contributed by atoms with Gasteiger partial charge in [-0.2, -0.15) is 0 Å². The number of hydrogen-bond donors (Lipinski definition) is 4. The van der Waals surface area contributed by atoms with Gasteiger partial charge in [0.1, 0.15) is 6.10 Å². The number of aliphatic hydroxyl groups is 2. The average Bonchev–Trinajstić information content (AvgIpc) is 3.85. The Morgan fingerprint density at radius 3 is 2.04 bits per heavy atom. The molecule has 268 valence electrons. The van der Waals surface area contributed by atoms with E-state index >= 15 is 0 Å². The first-order chi connectivity index (χ1) is 21.7. The second-order valence-electron chi connectivity index (χ2n) is 15.2. The van der Waals surface area contributed by atoms with Crippen molar-refractivity contribution in [2.45, 2.75) is 150 Å². The summed E-state index contributed by atoms with van der Waals surface area (Å²) in [4.78, 5) is 0. The molecule has 1 fully saturated rings. The van der Waals surface area contributed by atoms with E-state index in [0.29, 0.717) is 51.4 Å². The van der Waals surface area contributed by atoms with Crippen LogP contribution in [0.25, 0.3) is 0 Å². The van der Waals surface area contributed by atoms with Crippen LogP contribution in [0.4, 0.5) is 11.4 Å². The summed E-state index contributed by atoms with van der Waals surface area (Å²) in [5.41, 5.74) is 1.60. The number of hydrogen-bond acceptors (Lipinski definition) is 8. The Kier molecular flexibility index (Phi) is 17.3. The number of benzene rings is 1. The molecule has 8 heteroatoms. The predicted octanol–water partition coefficient (Wildman–Crippen LogP) is 7.82. The summed E-state index contributed by atoms with van der Waals surface area (Å²) in [6.45, 7) is 23.8. The van der Waals surface area contributed by atoms with Crippen LogP contribution >= 0.6 is 0 Å². The third kappa shape index (κ3) is 15.2. The van der Waals surface area contributed by atoms with E-state index in [2.05, 4.69) is 72.9 Å². The van der Waals surface area contributed by atoms with Gasteiger partial charge in [0.25, 0.3) is 0 Å². The molecule has 1 aromatic carbocycles. The van der Waals surface area contributed by atoms with Crippen LogP contribution in [-0.2, 0) is 18.9 Å². The zero-order chi connectivity index (χ0) is 34.3. The standard InChI is InChI=1S/C38H70N2O6/c1-10-18-35(6,7)28-36(8,11-2)29-43-25-33(42)24-40-31-17-15-16-30(21-31)39-23-32(41)22-37(9,12-3)45-20-19-38(13-4,14-5)46-27-34-26-44-34/h15-17,21,32-34,39-42H,10-14,18-20,22-29H2,1-9H3. The summed E-state index contributed by atoms with van der Waals surface area (Å²) in [7, 11) is 0. The van der Waals surface area contributed by atoms with Crippen LogP contribution in [0.2, 0.25) is 0 Å². The molecule has 0 amide bonds. The maximum absolute atomic E-state index is 10.9. The molecule has 1 saturated heterocycles. The Morgan fingerprint density at radius 2 is 1.50 bits per heavy atom. The van der Waals surface area contributed by atoms with E-state index in [1.807, 2.05) is 24.3 Å². The van der Waals surface area contributed by atoms with Crippen molar-refractivity contribution >= 4 is 11.4 Å². The highest BCUT2D eigenvalue weighted by Gasteiger charge is 2.34. The van der Waals surface area contributed by atoms with Crippen LogP contribution in [0, 0.1) is 10.8 Å². The van der Waals surface area contributed by atoms with Crippen LogP contribution in [0.5, 0.6) is 0 Å². The van der Waals surface area contributed by atoms with Crippen LogP contribution < -0.4 is 10.6 Å². The molecular weight excluding hydrogens is 580 g/mol. The predicted molar refractivity (Wildman–Crippen MR) is 191 cm³/mol. The summed E-state index contributed by atoms with van der Waals surface area (Å²) in [6, 6.07) is 7.94. The first-order valence-corrected chi connectivity index (χ1v) is 18.2.